The van der Waals surface area contributed by atoms with Crippen molar-refractivity contribution in [2.45, 2.75) is 31.7 Å². The molecular weight excluding hydrogens is 442 g/mol. The van der Waals surface area contributed by atoms with Crippen LogP contribution in [-0.2, 0) is 0 Å². The first-order chi connectivity index (χ1) is 17.3. The van der Waals surface area contributed by atoms with E-state index in [-0.39, 0.29) is 0 Å². The van der Waals surface area contributed by atoms with Crippen molar-refractivity contribution >= 4 is 16.5 Å². The lowest BCUT2D eigenvalue weighted by atomic mass is 10.0. The average molecular weight is 474 g/mol. The SMILES string of the molecule is O/N=c1\cc(-c2cc3cccn3cn2)oc2ccc(OCCN3CCC(N4CCCC4)CC3)cc12. The fourth-order valence-corrected chi connectivity index (χ4v) is 5.43. The summed E-state index contributed by atoms with van der Waals surface area (Å²) in [6.45, 7) is 6.39. The number of piperidine rings is 1. The maximum absolute atomic E-state index is 9.69. The Morgan fingerprint density at radius 2 is 1.91 bits per heavy atom. The first-order valence-electron chi connectivity index (χ1n) is 12.6. The van der Waals surface area contributed by atoms with E-state index in [0.29, 0.717) is 34.4 Å². The van der Waals surface area contributed by atoms with E-state index < -0.39 is 0 Å². The van der Waals surface area contributed by atoms with E-state index in [4.69, 9.17) is 9.15 Å². The minimum absolute atomic E-state index is 0.424. The van der Waals surface area contributed by atoms with E-state index in [9.17, 15) is 5.21 Å². The number of fused-ring (bicyclic) bond motifs is 2. The molecule has 0 unspecified atom stereocenters. The highest BCUT2D eigenvalue weighted by molar-refractivity contribution is 5.80. The summed E-state index contributed by atoms with van der Waals surface area (Å²) in [5, 5.41) is 14.3. The number of benzene rings is 1. The molecule has 5 heterocycles. The van der Waals surface area contributed by atoms with Crippen LogP contribution in [0, 0.1) is 0 Å². The molecule has 182 valence electrons. The van der Waals surface area contributed by atoms with Gasteiger partial charge in [0.1, 0.15) is 29.0 Å². The summed E-state index contributed by atoms with van der Waals surface area (Å²) >= 11 is 0. The Hall–Kier alpha value is -3.36. The highest BCUT2D eigenvalue weighted by Gasteiger charge is 2.26. The van der Waals surface area contributed by atoms with Gasteiger partial charge in [-0.25, -0.2) is 4.98 Å². The molecule has 2 aliphatic rings. The summed E-state index contributed by atoms with van der Waals surface area (Å²) in [6, 6.07) is 14.0. The predicted molar refractivity (Wildman–Crippen MR) is 134 cm³/mol. The molecule has 6 rings (SSSR count). The zero-order chi connectivity index (χ0) is 23.6. The van der Waals surface area contributed by atoms with Gasteiger partial charge in [0, 0.05) is 30.4 Å². The number of nitrogens with zero attached hydrogens (tertiary/aromatic N) is 5. The Kier molecular flexibility index (Phi) is 6.14. The smallest absolute Gasteiger partial charge is 0.155 e. The Balaban J connectivity index is 1.12. The van der Waals surface area contributed by atoms with Crippen LogP contribution in [0.15, 0.2) is 64.6 Å². The fourth-order valence-electron chi connectivity index (χ4n) is 5.43. The maximum atomic E-state index is 9.69. The lowest BCUT2D eigenvalue weighted by molar-refractivity contribution is 0.114. The maximum Gasteiger partial charge on any atom is 0.155 e. The quantitative estimate of drug-likeness (QED) is 0.337. The third-order valence-corrected chi connectivity index (χ3v) is 7.38. The molecule has 1 aromatic carbocycles. The van der Waals surface area contributed by atoms with E-state index in [1.165, 1.54) is 38.8 Å². The van der Waals surface area contributed by atoms with Crippen molar-refractivity contribution in [2.24, 2.45) is 5.16 Å². The van der Waals surface area contributed by atoms with Crippen molar-refractivity contribution in [3.05, 3.63) is 60.3 Å². The van der Waals surface area contributed by atoms with Gasteiger partial charge in [0.25, 0.3) is 0 Å². The van der Waals surface area contributed by atoms with Gasteiger partial charge in [-0.15, -0.1) is 0 Å². The summed E-state index contributed by atoms with van der Waals surface area (Å²) in [5.41, 5.74) is 2.30. The van der Waals surface area contributed by atoms with Crippen LogP contribution in [0.2, 0.25) is 0 Å². The molecule has 4 aromatic rings. The van der Waals surface area contributed by atoms with Crippen molar-refractivity contribution in [3.63, 3.8) is 0 Å². The van der Waals surface area contributed by atoms with E-state index in [1.807, 2.05) is 47.0 Å². The second kappa shape index (κ2) is 9.71. The van der Waals surface area contributed by atoms with Gasteiger partial charge in [-0.05, 0) is 88.3 Å². The predicted octanol–water partition coefficient (Wildman–Crippen LogP) is 3.98. The molecule has 0 amide bonds. The van der Waals surface area contributed by atoms with Gasteiger partial charge >= 0.3 is 0 Å². The highest BCUT2D eigenvalue weighted by atomic mass is 16.5. The van der Waals surface area contributed by atoms with Crippen molar-refractivity contribution in [1.82, 2.24) is 19.2 Å². The number of ether oxygens (including phenoxy) is 1. The van der Waals surface area contributed by atoms with Gasteiger partial charge in [-0.1, -0.05) is 5.16 Å². The molecule has 0 atom stereocenters. The van der Waals surface area contributed by atoms with Gasteiger partial charge in [-0.2, -0.15) is 0 Å². The van der Waals surface area contributed by atoms with E-state index in [1.54, 1.807) is 12.4 Å². The largest absolute Gasteiger partial charge is 0.492 e. The van der Waals surface area contributed by atoms with Crippen LogP contribution in [-0.4, -0.2) is 69.8 Å². The zero-order valence-electron chi connectivity index (χ0n) is 19.8. The van der Waals surface area contributed by atoms with Crippen molar-refractivity contribution in [2.75, 3.05) is 39.3 Å². The summed E-state index contributed by atoms with van der Waals surface area (Å²) in [6.07, 6.45) is 8.92. The topological polar surface area (TPSA) is 78.7 Å². The molecule has 3 aromatic heterocycles. The molecule has 0 radical (unpaired) electrons. The number of hydrogen-bond donors (Lipinski definition) is 1. The van der Waals surface area contributed by atoms with Crippen molar-refractivity contribution in [3.8, 4) is 17.2 Å². The number of hydrogen-bond acceptors (Lipinski definition) is 7. The minimum atomic E-state index is 0.424. The molecule has 2 aliphatic heterocycles. The van der Waals surface area contributed by atoms with Gasteiger partial charge in [0.05, 0.1) is 11.7 Å². The zero-order valence-corrected chi connectivity index (χ0v) is 19.8. The van der Waals surface area contributed by atoms with Crippen LogP contribution >= 0.6 is 0 Å². The summed E-state index contributed by atoms with van der Waals surface area (Å²) in [4.78, 5) is 9.65. The van der Waals surface area contributed by atoms with E-state index in [0.717, 1.165) is 36.9 Å². The molecule has 1 N–H and O–H groups in total. The third kappa shape index (κ3) is 4.63. The minimum Gasteiger partial charge on any atom is -0.492 e. The molecule has 0 aliphatic carbocycles. The summed E-state index contributed by atoms with van der Waals surface area (Å²) in [7, 11) is 0. The van der Waals surface area contributed by atoms with Gasteiger partial charge in [0.2, 0.25) is 0 Å². The molecule has 2 fully saturated rings. The Bertz CT molecular complexity index is 1380. The summed E-state index contributed by atoms with van der Waals surface area (Å²) < 4.78 is 14.1. The lowest BCUT2D eigenvalue weighted by Gasteiger charge is -2.36. The molecule has 2 saturated heterocycles. The Labute approximate surface area is 204 Å². The van der Waals surface area contributed by atoms with Crippen LogP contribution in [0.1, 0.15) is 25.7 Å². The molecule has 0 saturated carbocycles. The number of likely N-dealkylation sites (tertiary alicyclic amines) is 2. The van der Waals surface area contributed by atoms with Crippen LogP contribution in [0.3, 0.4) is 0 Å². The molecular formula is C27H31N5O3. The van der Waals surface area contributed by atoms with Gasteiger partial charge < -0.3 is 23.7 Å². The van der Waals surface area contributed by atoms with Gasteiger partial charge in [0.15, 0.2) is 5.76 Å². The number of rotatable bonds is 6. The van der Waals surface area contributed by atoms with Crippen LogP contribution in [0.25, 0.3) is 27.9 Å². The normalized spacial score (nSPS) is 18.7. The van der Waals surface area contributed by atoms with Crippen molar-refractivity contribution in [1.29, 1.82) is 0 Å². The molecule has 8 heteroatoms. The fraction of sp³-hybridized carbons (Fsp3) is 0.407. The van der Waals surface area contributed by atoms with Crippen molar-refractivity contribution < 1.29 is 14.4 Å². The summed E-state index contributed by atoms with van der Waals surface area (Å²) in [5.74, 6) is 1.28. The van der Waals surface area contributed by atoms with Crippen LogP contribution in [0.5, 0.6) is 5.75 Å². The molecule has 0 spiro atoms. The van der Waals surface area contributed by atoms with Crippen LogP contribution < -0.4 is 10.1 Å². The molecule has 0 bridgehead atoms. The second-order valence-electron chi connectivity index (χ2n) is 9.53. The van der Waals surface area contributed by atoms with Crippen LogP contribution in [0.4, 0.5) is 0 Å². The van der Waals surface area contributed by atoms with E-state index >= 15 is 0 Å². The van der Waals surface area contributed by atoms with E-state index in [2.05, 4.69) is 19.9 Å². The Morgan fingerprint density at radius 1 is 1.06 bits per heavy atom. The standard InChI is InChI=1S/C27H31N5O3/c33-29-24-18-27(25-16-21-4-3-11-32(21)19-28-25)35-26-6-5-22(17-23(24)26)34-15-14-30-12-7-20(8-13-30)31-9-1-2-10-31/h3-6,11,16-20,33H,1-2,7-10,12-15H2/b29-24+. The monoisotopic (exact) mass is 473 g/mol. The molecule has 35 heavy (non-hydrogen) atoms. The lowest BCUT2D eigenvalue weighted by Crippen LogP contribution is -2.44. The first-order valence-corrected chi connectivity index (χ1v) is 12.6. The molecule has 8 nitrogen and oxygen atoms in total. The second-order valence-corrected chi connectivity index (χ2v) is 9.53. The third-order valence-electron chi connectivity index (χ3n) is 7.38. The number of aromatic nitrogens is 2. The average Bonchev–Trinajstić information content (AvgIpc) is 3.60. The highest BCUT2D eigenvalue weighted by Crippen LogP contribution is 2.25. The first kappa shape index (κ1) is 22.1. The Morgan fingerprint density at radius 3 is 2.74 bits per heavy atom. The van der Waals surface area contributed by atoms with Gasteiger partial charge in [-0.3, -0.25) is 4.90 Å².